The third kappa shape index (κ3) is 2.77. The minimum Gasteiger partial charge on any atom is -0.342 e. The molecule has 2 amide bonds. The quantitative estimate of drug-likeness (QED) is 0.848. The van der Waals surface area contributed by atoms with Crippen LogP contribution in [0.4, 0.5) is 0 Å². The maximum absolute atomic E-state index is 12.7. The summed E-state index contributed by atoms with van der Waals surface area (Å²) in [4.78, 5) is 26.7. The van der Waals surface area contributed by atoms with Crippen LogP contribution in [-0.2, 0) is 9.59 Å². The van der Waals surface area contributed by atoms with Gasteiger partial charge in [-0.1, -0.05) is 34.1 Å². The third-order valence-electron chi connectivity index (χ3n) is 4.43. The van der Waals surface area contributed by atoms with E-state index in [4.69, 9.17) is 0 Å². The fraction of sp³-hybridized carbons (Fsp3) is 0.867. The number of carbonyl (C=O) groups is 2. The van der Waals surface area contributed by atoms with Gasteiger partial charge >= 0.3 is 0 Å². The normalized spacial score (nSPS) is 29.2. The molecule has 0 aromatic carbocycles. The highest BCUT2D eigenvalue weighted by molar-refractivity contribution is 5.97. The lowest BCUT2D eigenvalue weighted by Gasteiger charge is -2.45. The Hall–Kier alpha value is -1.06. The molecule has 19 heavy (non-hydrogen) atoms. The molecule has 108 valence electrons. The molecule has 1 aliphatic heterocycles. The lowest BCUT2D eigenvalue weighted by Crippen LogP contribution is -2.67. The van der Waals surface area contributed by atoms with Gasteiger partial charge in [0, 0.05) is 6.54 Å². The van der Waals surface area contributed by atoms with E-state index >= 15 is 0 Å². The highest BCUT2D eigenvalue weighted by Gasteiger charge is 2.45. The number of nitrogens with one attached hydrogen (secondary N) is 1. The topological polar surface area (TPSA) is 49.4 Å². The molecule has 0 aromatic heterocycles. The van der Waals surface area contributed by atoms with Crippen LogP contribution in [0.1, 0.15) is 53.4 Å². The van der Waals surface area contributed by atoms with Gasteiger partial charge < -0.3 is 10.2 Å². The van der Waals surface area contributed by atoms with Gasteiger partial charge in [-0.05, 0) is 30.6 Å². The highest BCUT2D eigenvalue weighted by atomic mass is 16.2. The molecule has 0 spiro atoms. The van der Waals surface area contributed by atoms with Gasteiger partial charge in [-0.25, -0.2) is 0 Å². The SMILES string of the molecule is CCC1C(=O)NC(C(C)(C)C)C(=O)N1CC1CCC1. The van der Waals surface area contributed by atoms with Crippen LogP contribution in [0.15, 0.2) is 0 Å². The number of piperazine rings is 1. The van der Waals surface area contributed by atoms with Crippen LogP contribution < -0.4 is 5.32 Å². The van der Waals surface area contributed by atoms with E-state index in [-0.39, 0.29) is 29.3 Å². The Bertz CT molecular complexity index is 369. The summed E-state index contributed by atoms with van der Waals surface area (Å²) in [5.74, 6) is 0.719. The van der Waals surface area contributed by atoms with Crippen molar-refractivity contribution in [2.24, 2.45) is 11.3 Å². The zero-order valence-corrected chi connectivity index (χ0v) is 12.5. The zero-order valence-electron chi connectivity index (χ0n) is 12.5. The maximum Gasteiger partial charge on any atom is 0.246 e. The molecule has 0 aromatic rings. The molecule has 2 atom stereocenters. The van der Waals surface area contributed by atoms with Crippen molar-refractivity contribution in [1.82, 2.24) is 10.2 Å². The van der Waals surface area contributed by atoms with Crippen LogP contribution in [0.25, 0.3) is 0 Å². The predicted molar refractivity (Wildman–Crippen MR) is 74.5 cm³/mol. The number of hydrogen-bond acceptors (Lipinski definition) is 2. The standard InChI is InChI=1S/C15H26N2O2/c1-5-11-13(18)16-12(15(2,3)4)14(19)17(11)9-10-7-6-8-10/h10-12H,5-9H2,1-4H3,(H,16,18). The molecule has 1 aliphatic carbocycles. The molecule has 2 fully saturated rings. The molecule has 4 heteroatoms. The summed E-state index contributed by atoms with van der Waals surface area (Å²) < 4.78 is 0. The van der Waals surface area contributed by atoms with E-state index in [0.29, 0.717) is 12.3 Å². The summed E-state index contributed by atoms with van der Waals surface area (Å²) in [6.07, 6.45) is 4.35. The van der Waals surface area contributed by atoms with Crippen LogP contribution in [0.3, 0.4) is 0 Å². The maximum atomic E-state index is 12.7. The van der Waals surface area contributed by atoms with E-state index in [1.54, 1.807) is 0 Å². The van der Waals surface area contributed by atoms with Crippen molar-refractivity contribution in [3.8, 4) is 0 Å². The molecule has 0 bridgehead atoms. The van der Waals surface area contributed by atoms with E-state index < -0.39 is 0 Å². The first-order valence-electron chi connectivity index (χ1n) is 7.45. The average molecular weight is 266 g/mol. The van der Waals surface area contributed by atoms with Gasteiger partial charge in [0.25, 0.3) is 0 Å². The highest BCUT2D eigenvalue weighted by Crippen LogP contribution is 2.31. The van der Waals surface area contributed by atoms with Crippen LogP contribution in [0.2, 0.25) is 0 Å². The zero-order chi connectivity index (χ0) is 14.2. The molecule has 1 heterocycles. The Balaban J connectivity index is 2.18. The van der Waals surface area contributed by atoms with Gasteiger partial charge in [-0.3, -0.25) is 9.59 Å². The van der Waals surface area contributed by atoms with E-state index in [9.17, 15) is 9.59 Å². The van der Waals surface area contributed by atoms with E-state index in [0.717, 1.165) is 6.54 Å². The largest absolute Gasteiger partial charge is 0.342 e. The van der Waals surface area contributed by atoms with Crippen molar-refractivity contribution < 1.29 is 9.59 Å². The Morgan fingerprint density at radius 3 is 2.32 bits per heavy atom. The van der Waals surface area contributed by atoms with Gasteiger partial charge in [0.2, 0.25) is 11.8 Å². The van der Waals surface area contributed by atoms with E-state index in [1.165, 1.54) is 19.3 Å². The third-order valence-corrected chi connectivity index (χ3v) is 4.43. The first-order chi connectivity index (χ1) is 8.84. The molecule has 2 aliphatic rings. The Kier molecular flexibility index (Phi) is 3.88. The lowest BCUT2D eigenvalue weighted by atomic mass is 9.81. The first kappa shape index (κ1) is 14.4. The molecule has 1 saturated carbocycles. The van der Waals surface area contributed by atoms with Crippen molar-refractivity contribution >= 4 is 11.8 Å². The first-order valence-corrected chi connectivity index (χ1v) is 7.45. The van der Waals surface area contributed by atoms with Gasteiger partial charge in [-0.15, -0.1) is 0 Å². The molecule has 2 unspecified atom stereocenters. The number of nitrogens with zero attached hydrogens (tertiary/aromatic N) is 1. The van der Waals surface area contributed by atoms with Crippen molar-refractivity contribution in [1.29, 1.82) is 0 Å². The minimum atomic E-state index is -0.386. The minimum absolute atomic E-state index is 0.0151. The molecule has 1 saturated heterocycles. The Morgan fingerprint density at radius 1 is 1.26 bits per heavy atom. The van der Waals surface area contributed by atoms with Crippen LogP contribution >= 0.6 is 0 Å². The van der Waals surface area contributed by atoms with Crippen LogP contribution in [0.5, 0.6) is 0 Å². The smallest absolute Gasteiger partial charge is 0.246 e. The fourth-order valence-electron chi connectivity index (χ4n) is 2.92. The fourth-order valence-corrected chi connectivity index (χ4v) is 2.92. The Morgan fingerprint density at radius 2 is 1.89 bits per heavy atom. The Labute approximate surface area is 115 Å². The number of hydrogen-bond donors (Lipinski definition) is 1. The van der Waals surface area contributed by atoms with E-state index in [1.807, 2.05) is 32.6 Å². The second-order valence-corrected chi connectivity index (χ2v) is 7.02. The second-order valence-electron chi connectivity index (χ2n) is 7.02. The van der Waals surface area contributed by atoms with Gasteiger partial charge in [0.05, 0.1) is 0 Å². The summed E-state index contributed by atoms with van der Waals surface area (Å²) in [6, 6.07) is -0.658. The van der Waals surface area contributed by atoms with E-state index in [2.05, 4.69) is 5.32 Å². The molecular formula is C15H26N2O2. The monoisotopic (exact) mass is 266 g/mol. The number of carbonyl (C=O) groups excluding carboxylic acids is 2. The second kappa shape index (κ2) is 5.14. The van der Waals surface area contributed by atoms with Gasteiger partial charge in [0.15, 0.2) is 0 Å². The predicted octanol–water partition coefficient (Wildman–Crippen LogP) is 1.94. The van der Waals surface area contributed by atoms with Crippen molar-refractivity contribution in [3.63, 3.8) is 0 Å². The summed E-state index contributed by atoms with van der Waals surface area (Å²) >= 11 is 0. The van der Waals surface area contributed by atoms with Crippen molar-refractivity contribution in [2.45, 2.75) is 65.5 Å². The molecule has 4 nitrogen and oxygen atoms in total. The molecule has 0 radical (unpaired) electrons. The van der Waals surface area contributed by atoms with Gasteiger partial charge in [0.1, 0.15) is 12.1 Å². The summed E-state index contributed by atoms with van der Waals surface area (Å²) in [5.41, 5.74) is -0.233. The summed E-state index contributed by atoms with van der Waals surface area (Å²) in [7, 11) is 0. The summed E-state index contributed by atoms with van der Waals surface area (Å²) in [5, 5.41) is 2.92. The number of amides is 2. The van der Waals surface area contributed by atoms with Crippen molar-refractivity contribution in [2.75, 3.05) is 6.54 Å². The van der Waals surface area contributed by atoms with Crippen LogP contribution in [-0.4, -0.2) is 35.3 Å². The van der Waals surface area contributed by atoms with Crippen molar-refractivity contribution in [3.05, 3.63) is 0 Å². The molecule has 2 rings (SSSR count). The number of rotatable bonds is 3. The average Bonchev–Trinajstić information content (AvgIpc) is 2.25. The lowest BCUT2D eigenvalue weighted by molar-refractivity contribution is -0.153. The summed E-state index contributed by atoms with van der Waals surface area (Å²) in [6.45, 7) is 8.75. The van der Waals surface area contributed by atoms with Gasteiger partial charge in [-0.2, -0.15) is 0 Å². The molecule has 1 N–H and O–H groups in total. The van der Waals surface area contributed by atoms with Crippen LogP contribution in [0, 0.1) is 11.3 Å². The molecular weight excluding hydrogens is 240 g/mol.